The molecule has 23 heavy (non-hydrogen) atoms. The van der Waals surface area contributed by atoms with Gasteiger partial charge in [-0.1, -0.05) is 20.8 Å². The quantitative estimate of drug-likeness (QED) is 0.924. The van der Waals surface area contributed by atoms with Gasteiger partial charge in [-0.25, -0.2) is 0 Å². The van der Waals surface area contributed by atoms with Crippen LogP contribution in [-0.2, 0) is 17.3 Å². The van der Waals surface area contributed by atoms with E-state index in [1.165, 1.54) is 0 Å². The van der Waals surface area contributed by atoms with Crippen LogP contribution in [0.1, 0.15) is 62.5 Å². The Hall–Kier alpha value is -1.85. The smallest absolute Gasteiger partial charge is 0.303 e. The van der Waals surface area contributed by atoms with Crippen molar-refractivity contribution in [2.24, 2.45) is 13.0 Å². The summed E-state index contributed by atoms with van der Waals surface area (Å²) in [6.07, 6.45) is 4.53. The van der Waals surface area contributed by atoms with Gasteiger partial charge in [0, 0.05) is 38.2 Å². The molecule has 1 amide bonds. The molecule has 1 unspecified atom stereocenters. The van der Waals surface area contributed by atoms with Gasteiger partial charge in [-0.2, -0.15) is 5.10 Å². The van der Waals surface area contributed by atoms with Gasteiger partial charge in [-0.05, 0) is 25.2 Å². The molecule has 1 aliphatic rings. The van der Waals surface area contributed by atoms with Crippen molar-refractivity contribution < 1.29 is 14.7 Å². The highest BCUT2D eigenvalue weighted by molar-refractivity contribution is 5.95. The molecule has 1 atom stereocenters. The van der Waals surface area contributed by atoms with Gasteiger partial charge in [0.15, 0.2) is 0 Å². The maximum Gasteiger partial charge on any atom is 0.303 e. The van der Waals surface area contributed by atoms with Crippen LogP contribution >= 0.6 is 0 Å². The van der Waals surface area contributed by atoms with Crippen LogP contribution in [0.3, 0.4) is 0 Å². The van der Waals surface area contributed by atoms with Crippen molar-refractivity contribution in [1.82, 2.24) is 14.7 Å². The van der Waals surface area contributed by atoms with Crippen molar-refractivity contribution in [3.8, 4) is 0 Å². The van der Waals surface area contributed by atoms with Crippen molar-refractivity contribution in [2.45, 2.75) is 51.9 Å². The lowest BCUT2D eigenvalue weighted by molar-refractivity contribution is -0.137. The SMILES string of the molecule is Cn1cc(C(=O)N2CCCC(CCC(=O)O)C2)c(C(C)(C)C)n1. The van der Waals surface area contributed by atoms with E-state index in [0.29, 0.717) is 18.5 Å². The summed E-state index contributed by atoms with van der Waals surface area (Å²) in [6, 6.07) is 0. The first-order chi connectivity index (χ1) is 10.7. The fourth-order valence-corrected chi connectivity index (χ4v) is 3.18. The number of piperidine rings is 1. The number of aliphatic carboxylic acids is 1. The van der Waals surface area contributed by atoms with Gasteiger partial charge in [-0.15, -0.1) is 0 Å². The average molecular weight is 321 g/mol. The molecule has 128 valence electrons. The second kappa shape index (κ2) is 6.72. The van der Waals surface area contributed by atoms with E-state index in [1.807, 2.05) is 11.9 Å². The first kappa shape index (κ1) is 17.5. The average Bonchev–Trinajstić information content (AvgIpc) is 2.87. The topological polar surface area (TPSA) is 75.4 Å². The number of hydrogen-bond donors (Lipinski definition) is 1. The highest BCUT2D eigenvalue weighted by Crippen LogP contribution is 2.27. The van der Waals surface area contributed by atoms with Crippen molar-refractivity contribution >= 4 is 11.9 Å². The third kappa shape index (κ3) is 4.33. The van der Waals surface area contributed by atoms with Gasteiger partial charge in [0.25, 0.3) is 5.91 Å². The zero-order valence-corrected chi connectivity index (χ0v) is 14.5. The Morgan fingerprint density at radius 3 is 2.70 bits per heavy atom. The molecule has 6 heteroatoms. The second-order valence-corrected chi connectivity index (χ2v) is 7.51. The zero-order valence-electron chi connectivity index (χ0n) is 14.5. The van der Waals surface area contributed by atoms with Crippen molar-refractivity contribution in [1.29, 1.82) is 0 Å². The summed E-state index contributed by atoms with van der Waals surface area (Å²) in [7, 11) is 1.83. The molecule has 0 bridgehead atoms. The Morgan fingerprint density at radius 2 is 2.09 bits per heavy atom. The Morgan fingerprint density at radius 1 is 1.39 bits per heavy atom. The fourth-order valence-electron chi connectivity index (χ4n) is 3.18. The summed E-state index contributed by atoms with van der Waals surface area (Å²) in [5.41, 5.74) is 1.29. The molecular formula is C17H27N3O3. The van der Waals surface area contributed by atoms with E-state index in [0.717, 1.165) is 25.1 Å². The third-order valence-electron chi connectivity index (χ3n) is 4.34. The van der Waals surface area contributed by atoms with E-state index in [4.69, 9.17) is 5.11 Å². The van der Waals surface area contributed by atoms with Crippen molar-refractivity contribution in [3.05, 3.63) is 17.5 Å². The minimum absolute atomic E-state index is 0.0167. The summed E-state index contributed by atoms with van der Waals surface area (Å²) in [5.74, 6) is -0.475. The van der Waals surface area contributed by atoms with Crippen LogP contribution in [0, 0.1) is 5.92 Å². The van der Waals surface area contributed by atoms with E-state index in [9.17, 15) is 9.59 Å². The van der Waals surface area contributed by atoms with Crippen LogP contribution in [0.5, 0.6) is 0 Å². The minimum Gasteiger partial charge on any atom is -0.481 e. The summed E-state index contributed by atoms with van der Waals surface area (Å²) < 4.78 is 1.69. The molecule has 0 spiro atoms. The highest BCUT2D eigenvalue weighted by Gasteiger charge is 2.30. The van der Waals surface area contributed by atoms with Crippen LogP contribution in [-0.4, -0.2) is 44.8 Å². The second-order valence-electron chi connectivity index (χ2n) is 7.51. The lowest BCUT2D eigenvalue weighted by atomic mass is 9.88. The molecule has 2 rings (SSSR count). The number of rotatable bonds is 4. The van der Waals surface area contributed by atoms with Gasteiger partial charge < -0.3 is 10.0 Å². The molecule has 0 radical (unpaired) electrons. The highest BCUT2D eigenvalue weighted by atomic mass is 16.4. The number of hydrogen-bond acceptors (Lipinski definition) is 3. The molecule has 1 N–H and O–H groups in total. The predicted molar refractivity (Wildman–Crippen MR) is 87.4 cm³/mol. The minimum atomic E-state index is -0.768. The number of aryl methyl sites for hydroxylation is 1. The summed E-state index contributed by atoms with van der Waals surface area (Å²) >= 11 is 0. The zero-order chi connectivity index (χ0) is 17.2. The molecule has 1 aromatic heterocycles. The maximum absolute atomic E-state index is 12.9. The standard InChI is InChI=1S/C17H27N3O3/c1-17(2,3)15-13(11-19(4)18-15)16(23)20-9-5-6-12(10-20)7-8-14(21)22/h11-12H,5-10H2,1-4H3,(H,21,22). The number of carboxylic acids is 1. The van der Waals surface area contributed by atoms with Gasteiger partial charge in [0.05, 0.1) is 11.3 Å². The van der Waals surface area contributed by atoms with Gasteiger partial charge in [-0.3, -0.25) is 14.3 Å². The van der Waals surface area contributed by atoms with Crippen LogP contribution in [0.25, 0.3) is 0 Å². The normalized spacial score (nSPS) is 19.0. The molecule has 2 heterocycles. The number of carboxylic acid groups (broad SMARTS) is 1. The van der Waals surface area contributed by atoms with Crippen molar-refractivity contribution in [3.63, 3.8) is 0 Å². The van der Waals surface area contributed by atoms with E-state index in [2.05, 4.69) is 25.9 Å². The molecule has 6 nitrogen and oxygen atoms in total. The monoisotopic (exact) mass is 321 g/mol. The summed E-state index contributed by atoms with van der Waals surface area (Å²) in [4.78, 5) is 25.5. The number of carbonyl (C=O) groups is 2. The Labute approximate surface area is 137 Å². The Balaban J connectivity index is 2.12. The van der Waals surface area contributed by atoms with E-state index < -0.39 is 5.97 Å². The van der Waals surface area contributed by atoms with Crippen LogP contribution in [0.2, 0.25) is 0 Å². The molecule has 1 aliphatic heterocycles. The fraction of sp³-hybridized carbons (Fsp3) is 0.706. The number of likely N-dealkylation sites (tertiary alicyclic amines) is 1. The predicted octanol–water partition coefficient (Wildman–Crippen LogP) is 2.43. The van der Waals surface area contributed by atoms with E-state index in [1.54, 1.807) is 10.9 Å². The summed E-state index contributed by atoms with van der Waals surface area (Å²) in [5, 5.41) is 13.3. The van der Waals surface area contributed by atoms with Crippen LogP contribution < -0.4 is 0 Å². The van der Waals surface area contributed by atoms with E-state index >= 15 is 0 Å². The van der Waals surface area contributed by atoms with Gasteiger partial charge in [0.2, 0.25) is 0 Å². The van der Waals surface area contributed by atoms with Crippen LogP contribution in [0.15, 0.2) is 6.20 Å². The Kier molecular flexibility index (Phi) is 5.12. The van der Waals surface area contributed by atoms with Gasteiger partial charge in [0.1, 0.15) is 0 Å². The van der Waals surface area contributed by atoms with Gasteiger partial charge >= 0.3 is 5.97 Å². The van der Waals surface area contributed by atoms with Crippen molar-refractivity contribution in [2.75, 3.05) is 13.1 Å². The number of carbonyl (C=O) groups excluding carboxylic acids is 1. The largest absolute Gasteiger partial charge is 0.481 e. The number of nitrogens with zero attached hydrogens (tertiary/aromatic N) is 3. The molecular weight excluding hydrogens is 294 g/mol. The molecule has 0 saturated carbocycles. The summed E-state index contributed by atoms with van der Waals surface area (Å²) in [6.45, 7) is 7.54. The first-order valence-corrected chi connectivity index (χ1v) is 8.23. The Bertz CT molecular complexity index is 586. The maximum atomic E-state index is 12.9. The molecule has 1 fully saturated rings. The lowest BCUT2D eigenvalue weighted by Gasteiger charge is -2.33. The molecule has 0 aromatic carbocycles. The number of amides is 1. The van der Waals surface area contributed by atoms with Crippen LogP contribution in [0.4, 0.5) is 0 Å². The molecule has 1 aromatic rings. The van der Waals surface area contributed by atoms with E-state index in [-0.39, 0.29) is 23.7 Å². The molecule has 0 aliphatic carbocycles. The lowest BCUT2D eigenvalue weighted by Crippen LogP contribution is -2.40. The first-order valence-electron chi connectivity index (χ1n) is 8.23. The third-order valence-corrected chi connectivity index (χ3v) is 4.34. The number of aromatic nitrogens is 2. The molecule has 1 saturated heterocycles.